The summed E-state index contributed by atoms with van der Waals surface area (Å²) in [6.45, 7) is 4.79. The largest absolute Gasteiger partial charge is 0.445 e. The molecule has 7 atom stereocenters. The molecule has 0 spiro atoms. The highest BCUT2D eigenvalue weighted by Crippen LogP contribution is 2.49. The number of benzene rings is 2. The number of hydrogen-bond donors (Lipinski definition) is 3. The van der Waals surface area contributed by atoms with Crippen LogP contribution in [0.3, 0.4) is 0 Å². The molecule has 2 heterocycles. The van der Waals surface area contributed by atoms with Gasteiger partial charge >= 0.3 is 6.09 Å². The lowest BCUT2D eigenvalue weighted by Crippen LogP contribution is -2.52. The molecule has 0 aromatic heterocycles. The highest BCUT2D eigenvalue weighted by atomic mass is 32.2. The predicted octanol–water partition coefficient (Wildman–Crippen LogP) is 2.62. The molecule has 5 rings (SSSR count). The summed E-state index contributed by atoms with van der Waals surface area (Å²) >= 11 is 0. The van der Waals surface area contributed by atoms with E-state index in [4.69, 9.17) is 19.9 Å². The zero-order chi connectivity index (χ0) is 28.4. The van der Waals surface area contributed by atoms with E-state index in [9.17, 15) is 18.3 Å². The molecule has 10 nitrogen and oxygen atoms in total. The van der Waals surface area contributed by atoms with Crippen molar-refractivity contribution >= 4 is 21.8 Å². The third-order valence-corrected chi connectivity index (χ3v) is 9.92. The summed E-state index contributed by atoms with van der Waals surface area (Å²) in [7, 11) is -3.93. The van der Waals surface area contributed by atoms with Gasteiger partial charge in [-0.2, -0.15) is 4.31 Å². The van der Waals surface area contributed by atoms with Crippen molar-refractivity contribution in [1.82, 2.24) is 9.62 Å². The minimum Gasteiger partial charge on any atom is -0.445 e. The predicted molar refractivity (Wildman–Crippen MR) is 149 cm³/mol. The maximum atomic E-state index is 13.6. The number of nitrogens with zero attached hydrogens (tertiary/aromatic N) is 1. The fraction of sp³-hybridized carbons (Fsp3) is 0.552. The molecule has 2 aliphatic heterocycles. The van der Waals surface area contributed by atoms with Gasteiger partial charge in [0.2, 0.25) is 10.0 Å². The molecule has 3 aliphatic rings. The topological polar surface area (TPSA) is 140 Å². The van der Waals surface area contributed by atoms with Gasteiger partial charge in [-0.3, -0.25) is 0 Å². The van der Waals surface area contributed by atoms with Crippen LogP contribution in [0.15, 0.2) is 59.5 Å². The van der Waals surface area contributed by atoms with E-state index in [2.05, 4.69) is 5.32 Å². The van der Waals surface area contributed by atoms with Crippen molar-refractivity contribution < 1.29 is 32.5 Å². The highest BCUT2D eigenvalue weighted by Gasteiger charge is 2.56. The van der Waals surface area contributed by atoms with Crippen molar-refractivity contribution in [2.75, 3.05) is 32.0 Å². The fourth-order valence-corrected chi connectivity index (χ4v) is 7.73. The number of nitrogens with one attached hydrogen (secondary N) is 1. The second kappa shape index (κ2) is 12.0. The number of alkyl carbamates (subject to hydrolysis) is 1. The normalized spacial score (nSPS) is 27.1. The number of nitrogens with two attached hydrogens (primary N) is 1. The Labute approximate surface area is 235 Å². The average Bonchev–Trinajstić information content (AvgIpc) is 3.45. The van der Waals surface area contributed by atoms with Crippen LogP contribution < -0.4 is 11.1 Å². The van der Waals surface area contributed by atoms with Gasteiger partial charge < -0.3 is 30.4 Å². The monoisotopic (exact) mass is 573 g/mol. The summed E-state index contributed by atoms with van der Waals surface area (Å²) in [4.78, 5) is 13.3. The molecule has 1 saturated carbocycles. The molecule has 2 bridgehead atoms. The van der Waals surface area contributed by atoms with Gasteiger partial charge in [0.05, 0.1) is 30.3 Å². The zero-order valence-electron chi connectivity index (χ0n) is 22.9. The molecular formula is C29H39N3O7S. The molecule has 0 radical (unpaired) electrons. The van der Waals surface area contributed by atoms with E-state index >= 15 is 0 Å². The molecule has 11 heteroatoms. The molecular weight excluding hydrogens is 534 g/mol. The van der Waals surface area contributed by atoms with Gasteiger partial charge in [0, 0.05) is 36.5 Å². The quantitative estimate of drug-likeness (QED) is 0.349. The highest BCUT2D eigenvalue weighted by molar-refractivity contribution is 7.89. The SMILES string of the molecule is CC(C)CN(C[C@@H](O)[C@H](Cc1ccccc1)NC(=O)O[C@H]1C2COC3OCC1C3C2)S(=O)(=O)c1ccc(N)cc1. The summed E-state index contributed by atoms with van der Waals surface area (Å²) in [5.74, 6) is 0.436. The zero-order valence-corrected chi connectivity index (χ0v) is 23.7. The molecule has 4 unspecified atom stereocenters. The number of rotatable bonds is 11. The second-order valence-corrected chi connectivity index (χ2v) is 13.5. The second-order valence-electron chi connectivity index (χ2n) is 11.5. The first kappa shape index (κ1) is 28.8. The van der Waals surface area contributed by atoms with Gasteiger partial charge in [0.1, 0.15) is 6.10 Å². The Balaban J connectivity index is 1.33. The van der Waals surface area contributed by atoms with Gasteiger partial charge in [0.15, 0.2) is 6.29 Å². The van der Waals surface area contributed by atoms with Crippen molar-refractivity contribution in [2.45, 2.75) is 56.1 Å². The number of carbonyl (C=O) groups excluding carboxylic acids is 1. The lowest BCUT2D eigenvalue weighted by atomic mass is 9.98. The molecule has 1 aliphatic carbocycles. The summed E-state index contributed by atoms with van der Waals surface area (Å²) in [6.07, 6.45) is -1.20. The summed E-state index contributed by atoms with van der Waals surface area (Å²) in [5.41, 5.74) is 7.10. The number of nitrogen functional groups attached to an aromatic ring is 1. The molecule has 3 fully saturated rings. The number of carbonyl (C=O) groups is 1. The van der Waals surface area contributed by atoms with Crippen molar-refractivity contribution in [2.24, 2.45) is 23.7 Å². The van der Waals surface area contributed by atoms with Crippen LogP contribution in [0, 0.1) is 23.7 Å². The Morgan fingerprint density at radius 2 is 1.77 bits per heavy atom. The summed E-state index contributed by atoms with van der Waals surface area (Å²) in [5, 5.41) is 14.3. The van der Waals surface area contributed by atoms with E-state index in [0.717, 1.165) is 12.0 Å². The van der Waals surface area contributed by atoms with Crippen LogP contribution in [0.25, 0.3) is 0 Å². The van der Waals surface area contributed by atoms with Gasteiger partial charge in [-0.15, -0.1) is 0 Å². The standard InChI is InChI=1S/C29H39N3O7S/c1-18(2)14-32(40(35,36)22-10-8-21(30)9-11-22)15-26(33)25(12-19-6-4-3-5-7-19)31-29(34)39-27-20-13-23-24(27)17-38-28(23)37-16-20/h3-11,18,20,23-28,33H,12-17,30H2,1-2H3,(H,31,34)/t20?,23?,24?,25-,26+,27-,28?/m0/s1. The van der Waals surface area contributed by atoms with E-state index < -0.39 is 28.3 Å². The molecule has 1 amide bonds. The molecule has 4 N–H and O–H groups in total. The van der Waals surface area contributed by atoms with Crippen molar-refractivity contribution in [3.05, 3.63) is 60.2 Å². The summed E-state index contributed by atoms with van der Waals surface area (Å²) in [6, 6.07) is 14.6. The molecule has 2 saturated heterocycles. The third-order valence-electron chi connectivity index (χ3n) is 8.08. The van der Waals surface area contributed by atoms with Crippen LogP contribution in [0.2, 0.25) is 0 Å². The lowest BCUT2D eigenvalue weighted by Gasteiger charge is -2.31. The first-order valence-electron chi connectivity index (χ1n) is 13.9. The number of ether oxygens (including phenoxy) is 3. The van der Waals surface area contributed by atoms with Crippen LogP contribution in [0.5, 0.6) is 0 Å². The number of fused-ring (bicyclic) bond motifs is 1. The first-order valence-corrected chi connectivity index (χ1v) is 15.3. The van der Waals surface area contributed by atoms with Crippen molar-refractivity contribution in [1.29, 1.82) is 0 Å². The first-order chi connectivity index (χ1) is 19.1. The van der Waals surface area contributed by atoms with E-state index in [1.54, 1.807) is 0 Å². The van der Waals surface area contributed by atoms with Crippen LogP contribution in [0.4, 0.5) is 10.5 Å². The third kappa shape index (κ3) is 6.28. The van der Waals surface area contributed by atoms with Gasteiger partial charge in [-0.05, 0) is 48.6 Å². The Morgan fingerprint density at radius 3 is 2.48 bits per heavy atom. The summed E-state index contributed by atoms with van der Waals surface area (Å²) < 4.78 is 45.8. The number of amides is 1. The van der Waals surface area contributed by atoms with Crippen LogP contribution >= 0.6 is 0 Å². The van der Waals surface area contributed by atoms with E-state index in [0.29, 0.717) is 25.3 Å². The smallest absolute Gasteiger partial charge is 0.407 e. The number of hydrogen-bond acceptors (Lipinski definition) is 8. The minimum absolute atomic E-state index is 0.00246. The minimum atomic E-state index is -3.93. The Bertz CT molecular complexity index is 1260. The molecule has 2 aromatic rings. The number of aliphatic hydroxyl groups is 1. The number of anilines is 1. The van der Waals surface area contributed by atoms with Crippen molar-refractivity contribution in [3.8, 4) is 0 Å². The number of sulfonamides is 1. The van der Waals surface area contributed by atoms with Crippen LogP contribution in [-0.2, 0) is 30.7 Å². The van der Waals surface area contributed by atoms with Crippen molar-refractivity contribution in [3.63, 3.8) is 0 Å². The fourth-order valence-electron chi connectivity index (χ4n) is 6.11. The molecule has 2 aromatic carbocycles. The lowest BCUT2D eigenvalue weighted by molar-refractivity contribution is -0.169. The van der Waals surface area contributed by atoms with E-state index in [-0.39, 0.29) is 54.1 Å². The van der Waals surface area contributed by atoms with Gasteiger partial charge in [-0.1, -0.05) is 44.2 Å². The van der Waals surface area contributed by atoms with Gasteiger partial charge in [-0.25, -0.2) is 13.2 Å². The maximum Gasteiger partial charge on any atom is 0.407 e. The van der Waals surface area contributed by atoms with E-state index in [1.165, 1.54) is 28.6 Å². The van der Waals surface area contributed by atoms with Gasteiger partial charge in [0.25, 0.3) is 0 Å². The molecule has 40 heavy (non-hydrogen) atoms. The Morgan fingerprint density at radius 1 is 1.07 bits per heavy atom. The Kier molecular flexibility index (Phi) is 8.67. The average molecular weight is 574 g/mol. The van der Waals surface area contributed by atoms with Crippen LogP contribution in [0.1, 0.15) is 25.8 Å². The van der Waals surface area contributed by atoms with Crippen LogP contribution in [-0.4, -0.2) is 74.8 Å². The van der Waals surface area contributed by atoms with E-state index in [1.807, 2.05) is 44.2 Å². The maximum absolute atomic E-state index is 13.6. The Hall–Kier alpha value is -2.70. The number of aliphatic hydroxyl groups excluding tert-OH is 1. The molecule has 218 valence electrons.